The van der Waals surface area contributed by atoms with Crippen molar-refractivity contribution >= 4 is 15.9 Å². The Hall–Kier alpha value is -0.340. The van der Waals surface area contributed by atoms with Crippen LogP contribution in [0.4, 0.5) is 0 Å². The number of alkyl halides is 1. The van der Waals surface area contributed by atoms with Crippen LogP contribution in [0.2, 0.25) is 0 Å². The molecule has 84 valence electrons. The van der Waals surface area contributed by atoms with Crippen molar-refractivity contribution in [3.8, 4) is 0 Å². The van der Waals surface area contributed by atoms with Crippen molar-refractivity contribution in [2.75, 3.05) is 13.6 Å². The van der Waals surface area contributed by atoms with Crippen molar-refractivity contribution in [1.82, 2.24) is 4.90 Å². The second kappa shape index (κ2) is 5.66. The molecule has 0 aliphatic heterocycles. The molecule has 0 saturated heterocycles. The summed E-state index contributed by atoms with van der Waals surface area (Å²) >= 11 is 3.58. The van der Waals surface area contributed by atoms with Crippen LogP contribution >= 0.6 is 15.9 Å². The molecule has 0 bridgehead atoms. The predicted octanol–water partition coefficient (Wildman–Crippen LogP) is 3.52. The zero-order chi connectivity index (χ0) is 11.4. The van der Waals surface area contributed by atoms with Crippen LogP contribution in [0.3, 0.4) is 0 Å². The minimum Gasteiger partial charge on any atom is -0.301 e. The van der Waals surface area contributed by atoms with E-state index in [2.05, 4.69) is 66.8 Å². The lowest BCUT2D eigenvalue weighted by molar-refractivity contribution is 0.333. The number of rotatable bonds is 4. The summed E-state index contributed by atoms with van der Waals surface area (Å²) in [6, 6.07) is 6.75. The van der Waals surface area contributed by atoms with Gasteiger partial charge in [0.05, 0.1) is 0 Å². The topological polar surface area (TPSA) is 3.24 Å². The number of aryl methyl sites for hydroxylation is 2. The van der Waals surface area contributed by atoms with Crippen molar-refractivity contribution in [2.45, 2.75) is 32.1 Å². The Morgan fingerprint density at radius 2 is 1.73 bits per heavy atom. The van der Waals surface area contributed by atoms with Crippen LogP contribution in [0.5, 0.6) is 0 Å². The maximum atomic E-state index is 3.58. The van der Waals surface area contributed by atoms with Crippen molar-refractivity contribution in [3.05, 3.63) is 34.9 Å². The van der Waals surface area contributed by atoms with Crippen LogP contribution in [-0.4, -0.2) is 23.3 Å². The van der Waals surface area contributed by atoms with Gasteiger partial charge < -0.3 is 4.90 Å². The molecule has 1 aromatic rings. The quantitative estimate of drug-likeness (QED) is 0.757. The van der Waals surface area contributed by atoms with E-state index in [1.54, 1.807) is 0 Å². The van der Waals surface area contributed by atoms with Crippen LogP contribution < -0.4 is 0 Å². The fraction of sp³-hybridized carbons (Fsp3) is 0.538. The summed E-state index contributed by atoms with van der Waals surface area (Å²) < 4.78 is 0. The second-order valence-electron chi connectivity index (χ2n) is 4.47. The van der Waals surface area contributed by atoms with Gasteiger partial charge in [-0.1, -0.05) is 52.2 Å². The molecule has 0 radical (unpaired) electrons. The SMILES string of the molecule is Cc1cc(C)cc(CN(C)CC(C)Br)c1. The third-order valence-electron chi connectivity index (χ3n) is 2.30. The molecule has 0 aromatic heterocycles. The first-order chi connectivity index (χ1) is 6.97. The highest BCUT2D eigenvalue weighted by molar-refractivity contribution is 9.09. The van der Waals surface area contributed by atoms with Crippen LogP contribution in [0.15, 0.2) is 18.2 Å². The molecule has 0 amide bonds. The Labute approximate surface area is 102 Å². The molecule has 1 nitrogen and oxygen atoms in total. The van der Waals surface area contributed by atoms with E-state index >= 15 is 0 Å². The number of benzene rings is 1. The van der Waals surface area contributed by atoms with E-state index < -0.39 is 0 Å². The summed E-state index contributed by atoms with van der Waals surface area (Å²) in [5.41, 5.74) is 4.11. The third kappa shape index (κ3) is 4.80. The fourth-order valence-electron chi connectivity index (χ4n) is 1.97. The average Bonchev–Trinajstić information content (AvgIpc) is 1.98. The zero-order valence-corrected chi connectivity index (χ0v) is 11.6. The monoisotopic (exact) mass is 269 g/mol. The molecule has 0 saturated carbocycles. The van der Waals surface area contributed by atoms with E-state index in [-0.39, 0.29) is 0 Å². The Bertz CT molecular complexity index is 300. The van der Waals surface area contributed by atoms with Gasteiger partial charge in [0.25, 0.3) is 0 Å². The second-order valence-corrected chi connectivity index (χ2v) is 6.04. The van der Waals surface area contributed by atoms with E-state index in [0.29, 0.717) is 4.83 Å². The molecule has 0 heterocycles. The van der Waals surface area contributed by atoms with Gasteiger partial charge in [-0.15, -0.1) is 0 Å². The van der Waals surface area contributed by atoms with E-state index in [1.807, 2.05) is 0 Å². The highest BCUT2D eigenvalue weighted by Gasteiger charge is 2.04. The van der Waals surface area contributed by atoms with Gasteiger partial charge in [0, 0.05) is 17.9 Å². The van der Waals surface area contributed by atoms with E-state index in [1.165, 1.54) is 16.7 Å². The van der Waals surface area contributed by atoms with Gasteiger partial charge in [-0.25, -0.2) is 0 Å². The van der Waals surface area contributed by atoms with Gasteiger partial charge in [-0.3, -0.25) is 0 Å². The standard InChI is InChI=1S/C13H20BrN/c1-10-5-11(2)7-13(6-10)9-15(4)8-12(3)14/h5-7,12H,8-9H2,1-4H3. The molecule has 0 spiro atoms. The summed E-state index contributed by atoms with van der Waals surface area (Å²) in [4.78, 5) is 2.89. The first kappa shape index (κ1) is 12.7. The lowest BCUT2D eigenvalue weighted by Crippen LogP contribution is -2.24. The van der Waals surface area contributed by atoms with Crippen molar-refractivity contribution in [3.63, 3.8) is 0 Å². The molecule has 1 aromatic carbocycles. The third-order valence-corrected chi connectivity index (χ3v) is 2.59. The minimum absolute atomic E-state index is 0.549. The van der Waals surface area contributed by atoms with Gasteiger partial charge in [-0.05, 0) is 26.5 Å². The smallest absolute Gasteiger partial charge is 0.0244 e. The Morgan fingerprint density at radius 3 is 2.20 bits per heavy atom. The van der Waals surface area contributed by atoms with Crippen LogP contribution in [0, 0.1) is 13.8 Å². The van der Waals surface area contributed by atoms with E-state index in [4.69, 9.17) is 0 Å². The van der Waals surface area contributed by atoms with E-state index in [9.17, 15) is 0 Å². The van der Waals surface area contributed by atoms with Gasteiger partial charge in [0.2, 0.25) is 0 Å². The van der Waals surface area contributed by atoms with Crippen LogP contribution in [-0.2, 0) is 6.54 Å². The summed E-state index contributed by atoms with van der Waals surface area (Å²) in [6.45, 7) is 8.59. The molecular weight excluding hydrogens is 250 g/mol. The van der Waals surface area contributed by atoms with Gasteiger partial charge in [0.15, 0.2) is 0 Å². The van der Waals surface area contributed by atoms with Crippen LogP contribution in [0.25, 0.3) is 0 Å². The molecule has 0 aliphatic carbocycles. The minimum atomic E-state index is 0.549. The molecule has 15 heavy (non-hydrogen) atoms. The van der Waals surface area contributed by atoms with Gasteiger partial charge >= 0.3 is 0 Å². The van der Waals surface area contributed by atoms with Crippen LogP contribution in [0.1, 0.15) is 23.6 Å². The Kier molecular flexibility index (Phi) is 4.81. The molecule has 0 aliphatic rings. The van der Waals surface area contributed by atoms with Crippen molar-refractivity contribution in [1.29, 1.82) is 0 Å². The average molecular weight is 270 g/mol. The Morgan fingerprint density at radius 1 is 1.20 bits per heavy atom. The number of hydrogen-bond acceptors (Lipinski definition) is 1. The van der Waals surface area contributed by atoms with Gasteiger partial charge in [-0.2, -0.15) is 0 Å². The summed E-state index contributed by atoms with van der Waals surface area (Å²) in [7, 11) is 2.16. The number of hydrogen-bond donors (Lipinski definition) is 0. The van der Waals surface area contributed by atoms with E-state index in [0.717, 1.165) is 13.1 Å². The molecule has 1 atom stereocenters. The lowest BCUT2D eigenvalue weighted by Gasteiger charge is -2.18. The first-order valence-electron chi connectivity index (χ1n) is 5.37. The molecule has 0 N–H and O–H groups in total. The molecule has 1 rings (SSSR count). The first-order valence-corrected chi connectivity index (χ1v) is 6.28. The maximum Gasteiger partial charge on any atom is 0.0244 e. The summed E-state index contributed by atoms with van der Waals surface area (Å²) in [5.74, 6) is 0. The van der Waals surface area contributed by atoms with Crippen molar-refractivity contribution in [2.24, 2.45) is 0 Å². The fourth-order valence-corrected chi connectivity index (χ4v) is 2.46. The zero-order valence-electron chi connectivity index (χ0n) is 10.0. The molecule has 1 unspecified atom stereocenters. The number of halogens is 1. The molecule has 2 heteroatoms. The predicted molar refractivity (Wildman–Crippen MR) is 70.6 cm³/mol. The molecular formula is C13H20BrN. The van der Waals surface area contributed by atoms with Gasteiger partial charge in [0.1, 0.15) is 0 Å². The normalized spacial score (nSPS) is 13.2. The highest BCUT2D eigenvalue weighted by atomic mass is 79.9. The maximum absolute atomic E-state index is 3.58. The summed E-state index contributed by atoms with van der Waals surface area (Å²) in [6.07, 6.45) is 0. The summed E-state index contributed by atoms with van der Waals surface area (Å²) in [5, 5.41) is 0. The van der Waals surface area contributed by atoms with Crippen molar-refractivity contribution < 1.29 is 0 Å². The highest BCUT2D eigenvalue weighted by Crippen LogP contribution is 2.11. The largest absolute Gasteiger partial charge is 0.301 e. The Balaban J connectivity index is 2.63. The lowest BCUT2D eigenvalue weighted by atomic mass is 10.1. The number of nitrogens with zero attached hydrogens (tertiary/aromatic N) is 1. The molecule has 0 fully saturated rings.